The molecule has 0 saturated carbocycles. The molecule has 0 aliphatic rings. The predicted molar refractivity (Wildman–Crippen MR) is 52.4 cm³/mol. The van der Waals surface area contributed by atoms with E-state index in [0.717, 1.165) is 24.3 Å². The van der Waals surface area contributed by atoms with Gasteiger partial charge in [0.2, 0.25) is 0 Å². The first-order chi connectivity index (χ1) is 7.11. The molecule has 0 aliphatic heterocycles. The van der Waals surface area contributed by atoms with Crippen LogP contribution < -0.4 is 0 Å². The summed E-state index contributed by atoms with van der Waals surface area (Å²) < 4.78 is 73.4. The van der Waals surface area contributed by atoms with Crippen molar-refractivity contribution < 1.29 is 26.0 Å². The number of sulfone groups is 1. The molecule has 1 aromatic carbocycles. The summed E-state index contributed by atoms with van der Waals surface area (Å²) in [6.07, 6.45) is 0. The van der Waals surface area contributed by atoms with Gasteiger partial charge in [0.15, 0.2) is 0 Å². The van der Waals surface area contributed by atoms with Gasteiger partial charge in [-0.25, -0.2) is 8.42 Å². The highest BCUT2D eigenvalue weighted by Gasteiger charge is 2.64. The second-order valence-corrected chi connectivity index (χ2v) is 5.82. The average Bonchev–Trinajstić information content (AvgIpc) is 2.17. The topological polar surface area (TPSA) is 34.1 Å². The summed E-state index contributed by atoms with van der Waals surface area (Å²) in [4.78, 5) is -5.69. The van der Waals surface area contributed by atoms with Crippen LogP contribution in [0.5, 0.6) is 0 Å². The Balaban J connectivity index is 3.35. The SMILES string of the molecule is O=S(=O)(c1ccccc1)C(F)(F)C(F)(F)Br. The van der Waals surface area contributed by atoms with Gasteiger partial charge in [0, 0.05) is 0 Å². The number of hydrogen-bond donors (Lipinski definition) is 0. The van der Waals surface area contributed by atoms with Gasteiger partial charge in [-0.05, 0) is 28.1 Å². The first-order valence-electron chi connectivity index (χ1n) is 3.85. The maximum Gasteiger partial charge on any atom is 0.421 e. The van der Waals surface area contributed by atoms with E-state index < -0.39 is 24.8 Å². The minimum atomic E-state index is -5.43. The number of halogens is 5. The van der Waals surface area contributed by atoms with Gasteiger partial charge in [0.25, 0.3) is 9.84 Å². The highest BCUT2D eigenvalue weighted by molar-refractivity contribution is 9.10. The summed E-state index contributed by atoms with van der Waals surface area (Å²) in [7, 11) is -5.43. The zero-order valence-electron chi connectivity index (χ0n) is 7.50. The fourth-order valence-electron chi connectivity index (χ4n) is 0.900. The minimum absolute atomic E-state index is 0.821. The van der Waals surface area contributed by atoms with Crippen LogP contribution in [0.3, 0.4) is 0 Å². The van der Waals surface area contributed by atoms with Crippen molar-refractivity contribution in [3.05, 3.63) is 30.3 Å². The van der Waals surface area contributed by atoms with Gasteiger partial charge < -0.3 is 0 Å². The van der Waals surface area contributed by atoms with Crippen molar-refractivity contribution in [2.24, 2.45) is 0 Å². The molecule has 0 bridgehead atoms. The maximum absolute atomic E-state index is 13.0. The van der Waals surface area contributed by atoms with E-state index in [0.29, 0.717) is 0 Å². The maximum atomic E-state index is 13.0. The Morgan fingerprint density at radius 3 is 1.81 bits per heavy atom. The van der Waals surface area contributed by atoms with Crippen molar-refractivity contribution in [1.82, 2.24) is 0 Å². The molecular weight excluding hydrogens is 316 g/mol. The Labute approximate surface area is 97.3 Å². The molecule has 0 heterocycles. The summed E-state index contributed by atoms with van der Waals surface area (Å²) in [6, 6.07) is 5.35. The van der Waals surface area contributed by atoms with Gasteiger partial charge in [-0.15, -0.1) is 0 Å². The Bertz CT molecular complexity index is 467. The summed E-state index contributed by atoms with van der Waals surface area (Å²) >= 11 is 1.37. The lowest BCUT2D eigenvalue weighted by Crippen LogP contribution is -2.42. The van der Waals surface area contributed by atoms with Gasteiger partial charge >= 0.3 is 10.1 Å². The lowest BCUT2D eigenvalue weighted by atomic mass is 10.4. The van der Waals surface area contributed by atoms with Crippen molar-refractivity contribution in [3.8, 4) is 0 Å². The van der Waals surface area contributed by atoms with E-state index in [2.05, 4.69) is 0 Å². The van der Waals surface area contributed by atoms with E-state index in [1.54, 1.807) is 0 Å². The lowest BCUT2D eigenvalue weighted by Gasteiger charge is -2.21. The number of alkyl halides is 5. The van der Waals surface area contributed by atoms with Crippen LogP contribution >= 0.6 is 15.9 Å². The van der Waals surface area contributed by atoms with Crippen molar-refractivity contribution in [2.45, 2.75) is 15.0 Å². The van der Waals surface area contributed by atoms with Gasteiger partial charge in [-0.3, -0.25) is 0 Å². The zero-order chi connectivity index (χ0) is 12.6. The van der Waals surface area contributed by atoms with Crippen molar-refractivity contribution in [1.29, 1.82) is 0 Å². The van der Waals surface area contributed by atoms with Crippen LogP contribution in [-0.2, 0) is 9.84 Å². The van der Waals surface area contributed by atoms with Gasteiger partial charge in [0.1, 0.15) is 0 Å². The minimum Gasteiger partial charge on any atom is -0.217 e. The van der Waals surface area contributed by atoms with Crippen LogP contribution in [0.4, 0.5) is 17.6 Å². The fourth-order valence-corrected chi connectivity index (χ4v) is 2.66. The third-order valence-corrected chi connectivity index (χ3v) is 4.31. The third-order valence-electron chi connectivity index (χ3n) is 1.72. The molecule has 0 radical (unpaired) electrons. The predicted octanol–water partition coefficient (Wildman–Crippen LogP) is 3.04. The summed E-state index contributed by atoms with van der Waals surface area (Å²) in [5, 5.41) is -5.21. The molecule has 1 aromatic rings. The van der Waals surface area contributed by atoms with Crippen molar-refractivity contribution >= 4 is 25.8 Å². The summed E-state index contributed by atoms with van der Waals surface area (Å²) in [6.45, 7) is 0. The Morgan fingerprint density at radius 2 is 1.44 bits per heavy atom. The van der Waals surface area contributed by atoms with Gasteiger partial charge in [-0.1, -0.05) is 18.2 Å². The molecule has 2 nitrogen and oxygen atoms in total. The van der Waals surface area contributed by atoms with Crippen molar-refractivity contribution in [3.63, 3.8) is 0 Å². The standard InChI is InChI=1S/C8H5BrF4O2S/c9-7(10,11)8(12,13)16(14,15)6-4-2-1-3-5-6/h1-5H. The van der Waals surface area contributed by atoms with E-state index in [4.69, 9.17) is 0 Å². The number of hydrogen-bond acceptors (Lipinski definition) is 2. The molecule has 0 amide bonds. The van der Waals surface area contributed by atoms with Crippen molar-refractivity contribution in [2.75, 3.05) is 0 Å². The fraction of sp³-hybridized carbons (Fsp3) is 0.250. The van der Waals surface area contributed by atoms with Crippen LogP contribution in [0.15, 0.2) is 35.2 Å². The number of benzene rings is 1. The second-order valence-electron chi connectivity index (χ2n) is 2.83. The highest BCUT2D eigenvalue weighted by Crippen LogP contribution is 2.45. The largest absolute Gasteiger partial charge is 0.421 e. The summed E-state index contributed by atoms with van der Waals surface area (Å²) in [5.41, 5.74) is 0. The van der Waals surface area contributed by atoms with E-state index in [9.17, 15) is 26.0 Å². The smallest absolute Gasteiger partial charge is 0.217 e. The molecule has 0 aromatic heterocycles. The van der Waals surface area contributed by atoms with Crippen LogP contribution in [0.2, 0.25) is 0 Å². The molecule has 0 unspecified atom stereocenters. The number of rotatable bonds is 3. The van der Waals surface area contributed by atoms with Gasteiger partial charge in [-0.2, -0.15) is 17.6 Å². The lowest BCUT2D eigenvalue weighted by molar-refractivity contribution is -0.0847. The first-order valence-corrected chi connectivity index (χ1v) is 6.12. The first kappa shape index (κ1) is 13.4. The van der Waals surface area contributed by atoms with Crippen LogP contribution in [0, 0.1) is 0 Å². The highest BCUT2D eigenvalue weighted by atomic mass is 79.9. The molecule has 90 valence electrons. The second kappa shape index (κ2) is 3.99. The van der Waals surface area contributed by atoms with E-state index in [1.165, 1.54) is 22.0 Å². The molecule has 8 heteroatoms. The third kappa shape index (κ3) is 2.08. The quantitative estimate of drug-likeness (QED) is 0.633. The summed E-state index contributed by atoms with van der Waals surface area (Å²) in [5.74, 6) is 0. The molecule has 0 N–H and O–H groups in total. The molecule has 0 fully saturated rings. The van der Waals surface area contributed by atoms with Gasteiger partial charge in [0.05, 0.1) is 4.90 Å². The molecule has 0 spiro atoms. The molecule has 0 aliphatic carbocycles. The Hall–Kier alpha value is -0.630. The Morgan fingerprint density at radius 1 is 1.00 bits per heavy atom. The molecule has 1 rings (SSSR count). The van der Waals surface area contributed by atoms with Crippen LogP contribution in [0.1, 0.15) is 0 Å². The molecular formula is C8H5BrF4O2S. The molecule has 16 heavy (non-hydrogen) atoms. The normalized spacial score (nSPS) is 13.8. The average molecular weight is 321 g/mol. The zero-order valence-corrected chi connectivity index (χ0v) is 9.90. The van der Waals surface area contributed by atoms with Crippen LogP contribution in [0.25, 0.3) is 0 Å². The van der Waals surface area contributed by atoms with E-state index >= 15 is 0 Å². The van der Waals surface area contributed by atoms with Crippen LogP contribution in [-0.4, -0.2) is 18.5 Å². The monoisotopic (exact) mass is 320 g/mol. The Kier molecular flexibility index (Phi) is 3.35. The van der Waals surface area contributed by atoms with E-state index in [-0.39, 0.29) is 0 Å². The van der Waals surface area contributed by atoms with E-state index in [1.807, 2.05) is 0 Å². The molecule has 0 atom stereocenters. The molecule has 0 saturated heterocycles.